The fraction of sp³-hybridized carbons (Fsp3) is 0.400. The van der Waals surface area contributed by atoms with E-state index < -0.39 is 0 Å². The van der Waals surface area contributed by atoms with Gasteiger partial charge in [-0.05, 0) is 56.5 Å². The van der Waals surface area contributed by atoms with Crippen molar-refractivity contribution in [1.29, 1.82) is 0 Å². The van der Waals surface area contributed by atoms with Crippen molar-refractivity contribution in [2.75, 3.05) is 13.1 Å². The smallest absolute Gasteiger partial charge is 0.0834 e. The van der Waals surface area contributed by atoms with E-state index in [-0.39, 0.29) is 0 Å². The molecular weight excluding hydrogens is 258 g/mol. The molecule has 1 aromatic heterocycles. The van der Waals surface area contributed by atoms with Gasteiger partial charge in [-0.15, -0.1) is 0 Å². The first-order valence-electron chi connectivity index (χ1n) is 6.77. The second-order valence-corrected chi connectivity index (χ2v) is 5.48. The molecule has 1 N–H and O–H groups in total. The summed E-state index contributed by atoms with van der Waals surface area (Å²) in [6.45, 7) is 4.33. The molecule has 2 aromatic rings. The Hall–Kier alpha value is -1.32. The first kappa shape index (κ1) is 12.7. The Morgan fingerprint density at radius 1 is 1.26 bits per heavy atom. The van der Waals surface area contributed by atoms with Gasteiger partial charge >= 0.3 is 0 Å². The van der Waals surface area contributed by atoms with Gasteiger partial charge < -0.3 is 5.32 Å². The zero-order chi connectivity index (χ0) is 13.2. The van der Waals surface area contributed by atoms with Crippen LogP contribution in [0.2, 0.25) is 5.02 Å². The molecule has 0 saturated carbocycles. The number of piperidine rings is 1. The number of aromatic nitrogens is 2. The van der Waals surface area contributed by atoms with E-state index in [1.165, 1.54) is 24.1 Å². The summed E-state index contributed by atoms with van der Waals surface area (Å²) in [6.07, 6.45) is 4.39. The standard InChI is InChI=1S/C15H18ClN3/c1-11-13(12-6-8-17-9-7-12)10-18-19(11)15-5-3-2-4-14(15)16/h2-5,10,12,17H,6-9H2,1H3. The summed E-state index contributed by atoms with van der Waals surface area (Å²) in [5.41, 5.74) is 3.53. The van der Waals surface area contributed by atoms with Crippen LogP contribution in [0.3, 0.4) is 0 Å². The van der Waals surface area contributed by atoms with Crippen molar-refractivity contribution in [2.45, 2.75) is 25.7 Å². The average Bonchev–Trinajstić information content (AvgIpc) is 2.82. The first-order valence-corrected chi connectivity index (χ1v) is 7.15. The Morgan fingerprint density at radius 3 is 2.74 bits per heavy atom. The minimum Gasteiger partial charge on any atom is -0.317 e. The third-order valence-corrected chi connectivity index (χ3v) is 4.23. The maximum atomic E-state index is 6.25. The Morgan fingerprint density at radius 2 is 2.00 bits per heavy atom. The summed E-state index contributed by atoms with van der Waals surface area (Å²) in [7, 11) is 0. The fourth-order valence-corrected chi connectivity index (χ4v) is 3.04. The molecule has 2 heterocycles. The minimum atomic E-state index is 0.623. The SMILES string of the molecule is Cc1c(C2CCNCC2)cnn1-c1ccccc1Cl. The van der Waals surface area contributed by atoms with Crippen LogP contribution in [0.1, 0.15) is 30.0 Å². The summed E-state index contributed by atoms with van der Waals surface area (Å²) in [6, 6.07) is 7.85. The molecule has 0 spiro atoms. The van der Waals surface area contributed by atoms with Crippen LogP contribution in [0.5, 0.6) is 0 Å². The van der Waals surface area contributed by atoms with Crippen LogP contribution in [0.15, 0.2) is 30.5 Å². The lowest BCUT2D eigenvalue weighted by atomic mass is 9.91. The molecule has 0 amide bonds. The molecule has 0 radical (unpaired) electrons. The fourth-order valence-electron chi connectivity index (χ4n) is 2.82. The molecule has 0 aliphatic carbocycles. The maximum absolute atomic E-state index is 6.25. The number of para-hydroxylation sites is 1. The zero-order valence-electron chi connectivity index (χ0n) is 11.1. The summed E-state index contributed by atoms with van der Waals surface area (Å²) in [4.78, 5) is 0. The molecule has 1 fully saturated rings. The molecule has 0 bridgehead atoms. The van der Waals surface area contributed by atoms with Crippen LogP contribution in [0.4, 0.5) is 0 Å². The van der Waals surface area contributed by atoms with Crippen molar-refractivity contribution in [1.82, 2.24) is 15.1 Å². The van der Waals surface area contributed by atoms with Crippen LogP contribution in [0, 0.1) is 6.92 Å². The van der Waals surface area contributed by atoms with Gasteiger partial charge in [0.15, 0.2) is 0 Å². The van der Waals surface area contributed by atoms with Crippen molar-refractivity contribution in [3.63, 3.8) is 0 Å². The predicted octanol–water partition coefficient (Wildman–Crippen LogP) is 3.30. The van der Waals surface area contributed by atoms with Gasteiger partial charge in [0, 0.05) is 5.69 Å². The Balaban J connectivity index is 1.97. The lowest BCUT2D eigenvalue weighted by Gasteiger charge is -2.22. The largest absolute Gasteiger partial charge is 0.317 e. The minimum absolute atomic E-state index is 0.623. The van der Waals surface area contributed by atoms with Crippen molar-refractivity contribution < 1.29 is 0 Å². The number of halogens is 1. The second kappa shape index (κ2) is 5.35. The monoisotopic (exact) mass is 275 g/mol. The van der Waals surface area contributed by atoms with Crippen LogP contribution >= 0.6 is 11.6 Å². The molecule has 0 atom stereocenters. The van der Waals surface area contributed by atoms with Gasteiger partial charge in [-0.25, -0.2) is 4.68 Å². The molecule has 3 rings (SSSR count). The molecule has 1 aromatic carbocycles. The van der Waals surface area contributed by atoms with Gasteiger partial charge in [-0.1, -0.05) is 23.7 Å². The number of hydrogen-bond donors (Lipinski definition) is 1. The van der Waals surface area contributed by atoms with Gasteiger partial charge in [0.25, 0.3) is 0 Å². The highest BCUT2D eigenvalue weighted by Crippen LogP contribution is 2.30. The maximum Gasteiger partial charge on any atom is 0.0834 e. The number of benzene rings is 1. The predicted molar refractivity (Wildman–Crippen MR) is 78.2 cm³/mol. The second-order valence-electron chi connectivity index (χ2n) is 5.07. The number of nitrogens with zero attached hydrogens (tertiary/aromatic N) is 2. The quantitative estimate of drug-likeness (QED) is 0.911. The molecular formula is C15H18ClN3. The third-order valence-electron chi connectivity index (χ3n) is 3.91. The van der Waals surface area contributed by atoms with E-state index in [9.17, 15) is 0 Å². The molecule has 1 aliphatic rings. The van der Waals surface area contributed by atoms with Crippen molar-refractivity contribution in [3.8, 4) is 5.69 Å². The molecule has 1 saturated heterocycles. The van der Waals surface area contributed by atoms with Crippen LogP contribution in [0.25, 0.3) is 5.69 Å². The van der Waals surface area contributed by atoms with Crippen LogP contribution in [-0.2, 0) is 0 Å². The normalized spacial score (nSPS) is 16.7. The lowest BCUT2D eigenvalue weighted by Crippen LogP contribution is -2.26. The van der Waals surface area contributed by atoms with Gasteiger partial charge in [-0.3, -0.25) is 0 Å². The molecule has 100 valence electrons. The van der Waals surface area contributed by atoms with E-state index in [4.69, 9.17) is 11.6 Å². The summed E-state index contributed by atoms with van der Waals surface area (Å²) in [5.74, 6) is 0.623. The van der Waals surface area contributed by atoms with E-state index >= 15 is 0 Å². The Kier molecular flexibility index (Phi) is 3.58. The summed E-state index contributed by atoms with van der Waals surface area (Å²) < 4.78 is 1.96. The Labute approximate surface area is 118 Å². The summed E-state index contributed by atoms with van der Waals surface area (Å²) >= 11 is 6.25. The molecule has 4 heteroatoms. The van der Waals surface area contributed by atoms with E-state index in [2.05, 4.69) is 17.3 Å². The van der Waals surface area contributed by atoms with Crippen molar-refractivity contribution in [3.05, 3.63) is 46.7 Å². The number of hydrogen-bond acceptors (Lipinski definition) is 2. The highest BCUT2D eigenvalue weighted by Gasteiger charge is 2.20. The van der Waals surface area contributed by atoms with Gasteiger partial charge in [-0.2, -0.15) is 5.10 Å². The van der Waals surface area contributed by atoms with Crippen molar-refractivity contribution >= 4 is 11.6 Å². The van der Waals surface area contributed by atoms with E-state index in [1.54, 1.807) is 0 Å². The van der Waals surface area contributed by atoms with Gasteiger partial charge in [0.05, 0.1) is 16.9 Å². The van der Waals surface area contributed by atoms with Crippen molar-refractivity contribution in [2.24, 2.45) is 0 Å². The number of nitrogens with one attached hydrogen (secondary N) is 1. The molecule has 19 heavy (non-hydrogen) atoms. The third kappa shape index (κ3) is 2.40. The van der Waals surface area contributed by atoms with E-state index in [1.807, 2.05) is 35.1 Å². The van der Waals surface area contributed by atoms with Gasteiger partial charge in [0.1, 0.15) is 0 Å². The highest BCUT2D eigenvalue weighted by atomic mass is 35.5. The Bertz CT molecular complexity index is 571. The number of rotatable bonds is 2. The summed E-state index contributed by atoms with van der Waals surface area (Å²) in [5, 5.41) is 8.68. The highest BCUT2D eigenvalue weighted by molar-refractivity contribution is 6.32. The van der Waals surface area contributed by atoms with Crippen LogP contribution in [-0.4, -0.2) is 22.9 Å². The van der Waals surface area contributed by atoms with Crippen LogP contribution < -0.4 is 5.32 Å². The topological polar surface area (TPSA) is 29.9 Å². The van der Waals surface area contributed by atoms with E-state index in [0.717, 1.165) is 23.8 Å². The van der Waals surface area contributed by atoms with Gasteiger partial charge in [0.2, 0.25) is 0 Å². The lowest BCUT2D eigenvalue weighted by molar-refractivity contribution is 0.459. The molecule has 1 aliphatic heterocycles. The zero-order valence-corrected chi connectivity index (χ0v) is 11.8. The molecule has 0 unspecified atom stereocenters. The molecule has 3 nitrogen and oxygen atoms in total. The first-order chi connectivity index (χ1) is 9.27. The van der Waals surface area contributed by atoms with E-state index in [0.29, 0.717) is 5.92 Å². The average molecular weight is 276 g/mol.